The van der Waals surface area contributed by atoms with Gasteiger partial charge in [-0.2, -0.15) is 0 Å². The molecule has 3 aromatic rings. The summed E-state index contributed by atoms with van der Waals surface area (Å²) in [5, 5.41) is -0.450. The summed E-state index contributed by atoms with van der Waals surface area (Å²) in [5.41, 5.74) is 4.08. The molecule has 3 heteroatoms. The van der Waals surface area contributed by atoms with Crippen molar-refractivity contribution in [3.63, 3.8) is 0 Å². The Bertz CT molecular complexity index is 950. The van der Waals surface area contributed by atoms with Crippen molar-refractivity contribution in [2.24, 2.45) is 5.92 Å². The number of halogens is 3. The second-order valence-corrected chi connectivity index (χ2v) is 9.02. The Morgan fingerprint density at radius 3 is 2.03 bits per heavy atom. The van der Waals surface area contributed by atoms with E-state index in [1.807, 2.05) is 12.1 Å². The average Bonchev–Trinajstić information content (AvgIpc) is 2.78. The molecule has 0 aliphatic heterocycles. The molecule has 1 atom stereocenters. The zero-order valence-electron chi connectivity index (χ0n) is 17.3. The van der Waals surface area contributed by atoms with Crippen molar-refractivity contribution >= 4 is 11.6 Å². The van der Waals surface area contributed by atoms with Gasteiger partial charge >= 0.3 is 0 Å². The van der Waals surface area contributed by atoms with Gasteiger partial charge < -0.3 is 0 Å². The standard InChI is InChI=1S/C27H27ClF2/c1-18(20-5-3-2-4-6-20)15-19-7-9-21(10-8-19)22-11-13-23(14-12-22)24-16-25(29)27(28)26(30)17-24/h2-6,11-14,16-19,21H,7-10,15H2,1H3/t18-,19?,21?/m0/s1. The van der Waals surface area contributed by atoms with Crippen LogP contribution in [0.1, 0.15) is 62.0 Å². The summed E-state index contributed by atoms with van der Waals surface area (Å²) < 4.78 is 27.5. The lowest BCUT2D eigenvalue weighted by molar-refractivity contribution is 0.297. The zero-order valence-corrected chi connectivity index (χ0v) is 18.0. The Hall–Kier alpha value is -2.19. The van der Waals surface area contributed by atoms with Crippen LogP contribution in [0.5, 0.6) is 0 Å². The molecule has 30 heavy (non-hydrogen) atoms. The van der Waals surface area contributed by atoms with E-state index in [0.29, 0.717) is 17.4 Å². The van der Waals surface area contributed by atoms with Gasteiger partial charge in [-0.05, 0) is 84.2 Å². The summed E-state index contributed by atoms with van der Waals surface area (Å²) in [7, 11) is 0. The minimum absolute atomic E-state index is 0.450. The van der Waals surface area contributed by atoms with Gasteiger partial charge in [0.2, 0.25) is 0 Å². The maximum Gasteiger partial charge on any atom is 0.145 e. The van der Waals surface area contributed by atoms with Crippen molar-refractivity contribution in [3.8, 4) is 11.1 Å². The summed E-state index contributed by atoms with van der Waals surface area (Å²) in [6.07, 6.45) is 6.18. The SMILES string of the molecule is C[C@@H](CC1CCC(c2ccc(-c3cc(F)c(Cl)c(F)c3)cc2)CC1)c1ccccc1. The smallest absolute Gasteiger partial charge is 0.145 e. The van der Waals surface area contributed by atoms with Crippen molar-refractivity contribution in [1.29, 1.82) is 0 Å². The van der Waals surface area contributed by atoms with Crippen LogP contribution in [0.4, 0.5) is 8.78 Å². The minimum atomic E-state index is -0.723. The molecule has 0 bridgehead atoms. The molecular formula is C27H27ClF2. The van der Waals surface area contributed by atoms with Crippen LogP contribution in [0.15, 0.2) is 66.7 Å². The summed E-state index contributed by atoms with van der Waals surface area (Å²) in [4.78, 5) is 0. The molecule has 0 unspecified atom stereocenters. The van der Waals surface area contributed by atoms with Gasteiger partial charge in [0.05, 0.1) is 0 Å². The molecule has 0 radical (unpaired) electrons. The molecule has 1 fully saturated rings. The first-order valence-corrected chi connectivity index (χ1v) is 11.2. The van der Waals surface area contributed by atoms with E-state index in [-0.39, 0.29) is 0 Å². The normalized spacial score (nSPS) is 20.1. The first-order chi connectivity index (χ1) is 14.5. The van der Waals surface area contributed by atoms with Gasteiger partial charge in [-0.25, -0.2) is 8.78 Å². The average molecular weight is 425 g/mol. The molecule has 1 aliphatic carbocycles. The summed E-state index contributed by atoms with van der Waals surface area (Å²) in [5.74, 6) is 0.515. The summed E-state index contributed by atoms with van der Waals surface area (Å²) >= 11 is 5.59. The van der Waals surface area contributed by atoms with E-state index in [1.165, 1.54) is 55.4 Å². The predicted molar refractivity (Wildman–Crippen MR) is 121 cm³/mol. The fraction of sp³-hybridized carbons (Fsp3) is 0.333. The lowest BCUT2D eigenvalue weighted by Gasteiger charge is -2.30. The first-order valence-electron chi connectivity index (χ1n) is 10.8. The van der Waals surface area contributed by atoms with E-state index in [9.17, 15) is 8.78 Å². The Morgan fingerprint density at radius 1 is 0.833 bits per heavy atom. The van der Waals surface area contributed by atoms with Gasteiger partial charge in [-0.1, -0.05) is 73.1 Å². The topological polar surface area (TPSA) is 0 Å². The van der Waals surface area contributed by atoms with Crippen molar-refractivity contribution < 1.29 is 8.78 Å². The third-order valence-corrected chi connectivity index (χ3v) is 6.96. The van der Waals surface area contributed by atoms with Crippen LogP contribution in [0.25, 0.3) is 11.1 Å². The van der Waals surface area contributed by atoms with Crippen molar-refractivity contribution in [1.82, 2.24) is 0 Å². The van der Waals surface area contributed by atoms with Crippen LogP contribution < -0.4 is 0 Å². The second-order valence-electron chi connectivity index (χ2n) is 8.64. The maximum atomic E-state index is 13.8. The van der Waals surface area contributed by atoms with E-state index >= 15 is 0 Å². The van der Waals surface area contributed by atoms with Crippen LogP contribution in [0, 0.1) is 17.6 Å². The molecule has 0 heterocycles. The molecule has 1 saturated carbocycles. The molecule has 0 spiro atoms. The van der Waals surface area contributed by atoms with Gasteiger partial charge in [0.1, 0.15) is 16.7 Å². The number of benzene rings is 3. The fourth-order valence-electron chi connectivity index (χ4n) is 4.82. The lowest BCUT2D eigenvalue weighted by atomic mass is 9.75. The Balaban J connectivity index is 1.36. The monoisotopic (exact) mass is 424 g/mol. The van der Waals surface area contributed by atoms with Crippen LogP contribution in [0.3, 0.4) is 0 Å². The molecule has 156 valence electrons. The maximum absolute atomic E-state index is 13.8. The second kappa shape index (κ2) is 9.31. The highest BCUT2D eigenvalue weighted by Crippen LogP contribution is 2.40. The van der Waals surface area contributed by atoms with Crippen LogP contribution in [-0.4, -0.2) is 0 Å². The Morgan fingerprint density at radius 2 is 1.43 bits per heavy atom. The summed E-state index contributed by atoms with van der Waals surface area (Å²) in [6.45, 7) is 2.34. The quantitative estimate of drug-likeness (QED) is 0.359. The van der Waals surface area contributed by atoms with Crippen molar-refractivity contribution in [2.75, 3.05) is 0 Å². The van der Waals surface area contributed by atoms with Crippen LogP contribution >= 0.6 is 11.6 Å². The Labute approximate surface area is 182 Å². The molecule has 4 rings (SSSR count). The van der Waals surface area contributed by atoms with E-state index < -0.39 is 16.7 Å². The van der Waals surface area contributed by atoms with Gasteiger partial charge in [-0.3, -0.25) is 0 Å². The van der Waals surface area contributed by atoms with Gasteiger partial charge in [0.25, 0.3) is 0 Å². The molecule has 0 saturated heterocycles. The third kappa shape index (κ3) is 4.75. The molecule has 0 nitrogen and oxygen atoms in total. The van der Waals surface area contributed by atoms with Crippen molar-refractivity contribution in [2.45, 2.75) is 50.9 Å². The number of rotatable bonds is 5. The first kappa shape index (κ1) is 21.1. The fourth-order valence-corrected chi connectivity index (χ4v) is 4.93. The minimum Gasteiger partial charge on any atom is -0.205 e. The van der Waals surface area contributed by atoms with Crippen molar-refractivity contribution in [3.05, 3.63) is 94.5 Å². The lowest BCUT2D eigenvalue weighted by Crippen LogP contribution is -2.15. The number of hydrogen-bond acceptors (Lipinski definition) is 0. The van der Waals surface area contributed by atoms with Gasteiger partial charge in [0.15, 0.2) is 0 Å². The third-order valence-electron chi connectivity index (χ3n) is 6.60. The predicted octanol–water partition coefficient (Wildman–Crippen LogP) is 8.75. The zero-order chi connectivity index (χ0) is 21.1. The molecule has 1 aliphatic rings. The van der Waals surface area contributed by atoms with Gasteiger partial charge in [0, 0.05) is 0 Å². The molecule has 3 aromatic carbocycles. The number of hydrogen-bond donors (Lipinski definition) is 0. The van der Waals surface area contributed by atoms with E-state index in [1.54, 1.807) is 0 Å². The van der Waals surface area contributed by atoms with Crippen LogP contribution in [-0.2, 0) is 0 Å². The molecule has 0 N–H and O–H groups in total. The molecular weight excluding hydrogens is 398 g/mol. The van der Waals surface area contributed by atoms with E-state index in [2.05, 4.69) is 49.4 Å². The van der Waals surface area contributed by atoms with Crippen LogP contribution in [0.2, 0.25) is 5.02 Å². The van der Waals surface area contributed by atoms with E-state index in [4.69, 9.17) is 11.6 Å². The largest absolute Gasteiger partial charge is 0.205 e. The Kier molecular flexibility index (Phi) is 6.53. The highest BCUT2D eigenvalue weighted by Gasteiger charge is 2.24. The highest BCUT2D eigenvalue weighted by molar-refractivity contribution is 6.31. The molecule has 0 aromatic heterocycles. The van der Waals surface area contributed by atoms with E-state index in [0.717, 1.165) is 11.5 Å². The highest BCUT2D eigenvalue weighted by atomic mass is 35.5. The molecule has 0 amide bonds. The summed E-state index contributed by atoms with van der Waals surface area (Å²) in [6, 6.07) is 21.5. The van der Waals surface area contributed by atoms with Gasteiger partial charge in [-0.15, -0.1) is 0 Å².